The summed E-state index contributed by atoms with van der Waals surface area (Å²) in [5, 5.41) is 5.41. The molecule has 0 heterocycles. The van der Waals surface area contributed by atoms with E-state index in [9.17, 15) is 18.0 Å². The Morgan fingerprint density at radius 1 is 1.11 bits per heavy atom. The van der Waals surface area contributed by atoms with Crippen molar-refractivity contribution >= 4 is 27.5 Å². The molecule has 0 aromatic heterocycles. The zero-order valence-electron chi connectivity index (χ0n) is 14.9. The van der Waals surface area contributed by atoms with Crippen LogP contribution in [0.5, 0.6) is 0 Å². The monoisotopic (exact) mass is 387 g/mol. The van der Waals surface area contributed by atoms with Gasteiger partial charge in [-0.1, -0.05) is 24.3 Å². The summed E-state index contributed by atoms with van der Waals surface area (Å²) >= 11 is 0. The molecular formula is C19H21N3O4S. The molecule has 2 aromatic carbocycles. The third kappa shape index (κ3) is 6.05. The Kier molecular flexibility index (Phi) is 6.86. The second-order valence-corrected chi connectivity index (χ2v) is 7.50. The number of carbonyl (C=O) groups excluding carboxylic acids is 2. The molecule has 0 aliphatic carbocycles. The van der Waals surface area contributed by atoms with Crippen LogP contribution in [0.25, 0.3) is 0 Å². The van der Waals surface area contributed by atoms with Crippen LogP contribution in [0.1, 0.15) is 22.8 Å². The smallest absolute Gasteiger partial charge is 0.251 e. The second-order valence-electron chi connectivity index (χ2n) is 5.73. The average molecular weight is 387 g/mol. The predicted octanol–water partition coefficient (Wildman–Crippen LogP) is 2.04. The maximum atomic E-state index is 12.4. The lowest BCUT2D eigenvalue weighted by Gasteiger charge is -2.09. The zero-order chi connectivity index (χ0) is 19.9. The van der Waals surface area contributed by atoms with E-state index in [0.29, 0.717) is 5.69 Å². The molecule has 27 heavy (non-hydrogen) atoms. The number of carbonyl (C=O) groups is 2. The molecule has 8 heteroatoms. The first kappa shape index (κ1) is 20.3. The second kappa shape index (κ2) is 9.11. The molecule has 0 unspecified atom stereocenters. The van der Waals surface area contributed by atoms with Gasteiger partial charge in [-0.2, -0.15) is 0 Å². The van der Waals surface area contributed by atoms with Crippen molar-refractivity contribution in [1.29, 1.82) is 0 Å². The molecule has 0 fully saturated rings. The van der Waals surface area contributed by atoms with E-state index in [0.717, 1.165) is 5.56 Å². The van der Waals surface area contributed by atoms with Crippen LogP contribution in [0.3, 0.4) is 0 Å². The summed E-state index contributed by atoms with van der Waals surface area (Å²) in [4.78, 5) is 23.5. The first-order valence-electron chi connectivity index (χ1n) is 8.17. The van der Waals surface area contributed by atoms with Gasteiger partial charge in [-0.25, -0.2) is 13.1 Å². The molecule has 0 spiro atoms. The van der Waals surface area contributed by atoms with E-state index in [1.807, 2.05) is 6.07 Å². The normalized spacial score (nSPS) is 10.9. The topological polar surface area (TPSA) is 104 Å². The lowest BCUT2D eigenvalue weighted by molar-refractivity contribution is -0.114. The van der Waals surface area contributed by atoms with Crippen molar-refractivity contribution in [2.24, 2.45) is 0 Å². The third-order valence-corrected chi connectivity index (χ3v) is 4.95. The maximum absolute atomic E-state index is 12.4. The van der Waals surface area contributed by atoms with E-state index in [2.05, 4.69) is 21.9 Å². The van der Waals surface area contributed by atoms with Crippen molar-refractivity contribution in [1.82, 2.24) is 10.0 Å². The number of benzene rings is 2. The lowest BCUT2D eigenvalue weighted by Crippen LogP contribution is -2.25. The van der Waals surface area contributed by atoms with Crippen LogP contribution in [0, 0.1) is 0 Å². The van der Waals surface area contributed by atoms with Crippen molar-refractivity contribution in [2.45, 2.75) is 18.4 Å². The van der Waals surface area contributed by atoms with Gasteiger partial charge in [0.2, 0.25) is 15.9 Å². The fourth-order valence-corrected chi connectivity index (χ4v) is 3.35. The molecule has 0 aliphatic rings. The summed E-state index contributed by atoms with van der Waals surface area (Å²) < 4.78 is 26.7. The lowest BCUT2D eigenvalue weighted by atomic mass is 10.1. The Morgan fingerprint density at radius 3 is 2.56 bits per heavy atom. The van der Waals surface area contributed by atoms with Gasteiger partial charge in [-0.15, -0.1) is 6.58 Å². The van der Waals surface area contributed by atoms with Gasteiger partial charge < -0.3 is 10.6 Å². The number of amides is 2. The fraction of sp³-hybridized carbons (Fsp3) is 0.158. The highest BCUT2D eigenvalue weighted by Gasteiger charge is 2.15. The van der Waals surface area contributed by atoms with Crippen molar-refractivity contribution in [3.8, 4) is 0 Å². The van der Waals surface area contributed by atoms with Crippen LogP contribution in [-0.2, 0) is 21.4 Å². The minimum absolute atomic E-state index is 0.00431. The molecule has 0 saturated heterocycles. The SMILES string of the molecule is C=CCNS(=O)(=O)c1cccc(C(=O)NCc2cccc(NC(C)=O)c2)c1. The van der Waals surface area contributed by atoms with E-state index in [4.69, 9.17) is 0 Å². The Morgan fingerprint density at radius 2 is 1.85 bits per heavy atom. The number of rotatable bonds is 8. The molecule has 142 valence electrons. The first-order chi connectivity index (χ1) is 12.8. The Labute approximate surface area is 158 Å². The van der Waals surface area contributed by atoms with E-state index in [1.54, 1.807) is 18.2 Å². The molecule has 0 saturated carbocycles. The molecule has 2 aromatic rings. The van der Waals surface area contributed by atoms with Gasteiger partial charge in [0.05, 0.1) is 4.90 Å². The zero-order valence-corrected chi connectivity index (χ0v) is 15.7. The molecule has 0 aliphatic heterocycles. The molecule has 0 atom stereocenters. The fourth-order valence-electron chi connectivity index (χ4n) is 2.30. The Bertz CT molecular complexity index is 955. The van der Waals surface area contributed by atoms with Crippen LogP contribution in [0.2, 0.25) is 0 Å². The first-order valence-corrected chi connectivity index (χ1v) is 9.65. The highest BCUT2D eigenvalue weighted by molar-refractivity contribution is 7.89. The van der Waals surface area contributed by atoms with Crippen molar-refractivity contribution in [2.75, 3.05) is 11.9 Å². The molecule has 0 radical (unpaired) electrons. The molecule has 0 bridgehead atoms. The summed E-state index contributed by atoms with van der Waals surface area (Å²) in [6.07, 6.45) is 1.43. The van der Waals surface area contributed by atoms with Crippen LogP contribution in [0.4, 0.5) is 5.69 Å². The van der Waals surface area contributed by atoms with Crippen LogP contribution >= 0.6 is 0 Å². The summed E-state index contributed by atoms with van der Waals surface area (Å²) in [6, 6.07) is 12.9. The minimum atomic E-state index is -3.70. The summed E-state index contributed by atoms with van der Waals surface area (Å²) in [6.45, 7) is 5.21. The number of anilines is 1. The molecule has 2 rings (SSSR count). The van der Waals surface area contributed by atoms with Gasteiger partial charge in [-0.05, 0) is 35.9 Å². The standard InChI is InChI=1S/C19H21N3O4S/c1-3-10-21-27(25,26)18-9-5-7-16(12-18)19(24)20-13-15-6-4-8-17(11-15)22-14(2)23/h3-9,11-12,21H,1,10,13H2,2H3,(H,20,24)(H,22,23). The van der Waals surface area contributed by atoms with E-state index >= 15 is 0 Å². The van der Waals surface area contributed by atoms with Gasteiger partial charge in [0.15, 0.2) is 0 Å². The molecule has 3 N–H and O–H groups in total. The van der Waals surface area contributed by atoms with Gasteiger partial charge in [0, 0.05) is 31.3 Å². The summed E-state index contributed by atoms with van der Waals surface area (Å²) in [7, 11) is -3.70. The number of hydrogen-bond donors (Lipinski definition) is 3. The number of hydrogen-bond acceptors (Lipinski definition) is 4. The highest BCUT2D eigenvalue weighted by Crippen LogP contribution is 2.13. The third-order valence-electron chi connectivity index (χ3n) is 3.52. The molecule has 7 nitrogen and oxygen atoms in total. The van der Waals surface area contributed by atoms with E-state index in [1.165, 1.54) is 37.3 Å². The minimum Gasteiger partial charge on any atom is -0.348 e. The predicted molar refractivity (Wildman–Crippen MR) is 104 cm³/mol. The average Bonchev–Trinajstić information content (AvgIpc) is 2.64. The largest absolute Gasteiger partial charge is 0.348 e. The quantitative estimate of drug-likeness (QED) is 0.603. The number of sulfonamides is 1. The van der Waals surface area contributed by atoms with E-state index < -0.39 is 15.9 Å². The molecular weight excluding hydrogens is 366 g/mol. The van der Waals surface area contributed by atoms with Crippen LogP contribution in [-0.4, -0.2) is 26.8 Å². The van der Waals surface area contributed by atoms with Crippen LogP contribution < -0.4 is 15.4 Å². The van der Waals surface area contributed by atoms with Crippen LogP contribution in [0.15, 0.2) is 66.1 Å². The Balaban J connectivity index is 2.07. The van der Waals surface area contributed by atoms with Crippen molar-refractivity contribution in [3.05, 3.63) is 72.3 Å². The van der Waals surface area contributed by atoms with Crippen molar-refractivity contribution < 1.29 is 18.0 Å². The van der Waals surface area contributed by atoms with E-state index in [-0.39, 0.29) is 29.5 Å². The Hall–Kier alpha value is -2.97. The highest BCUT2D eigenvalue weighted by atomic mass is 32.2. The molecule has 2 amide bonds. The van der Waals surface area contributed by atoms with Gasteiger partial charge >= 0.3 is 0 Å². The number of nitrogens with one attached hydrogen (secondary N) is 3. The summed E-state index contributed by atoms with van der Waals surface area (Å²) in [5.41, 5.74) is 1.66. The van der Waals surface area contributed by atoms with Gasteiger partial charge in [0.1, 0.15) is 0 Å². The maximum Gasteiger partial charge on any atom is 0.251 e. The van der Waals surface area contributed by atoms with Gasteiger partial charge in [0.25, 0.3) is 5.91 Å². The summed E-state index contributed by atoms with van der Waals surface area (Å²) in [5.74, 6) is -0.583. The van der Waals surface area contributed by atoms with Gasteiger partial charge in [-0.3, -0.25) is 9.59 Å². The van der Waals surface area contributed by atoms with Crippen molar-refractivity contribution in [3.63, 3.8) is 0 Å².